The van der Waals surface area contributed by atoms with E-state index in [-0.39, 0.29) is 31.3 Å². The van der Waals surface area contributed by atoms with Crippen LogP contribution in [0.2, 0.25) is 0 Å². The lowest BCUT2D eigenvalue weighted by Crippen LogP contribution is -2.43. The molecule has 0 aromatic heterocycles. The van der Waals surface area contributed by atoms with Gasteiger partial charge < -0.3 is 19.7 Å². The van der Waals surface area contributed by atoms with Gasteiger partial charge in [0.2, 0.25) is 11.8 Å². The highest BCUT2D eigenvalue weighted by molar-refractivity contribution is 5.89. The predicted octanol–water partition coefficient (Wildman–Crippen LogP) is 5.72. The summed E-state index contributed by atoms with van der Waals surface area (Å²) < 4.78 is 10.8. The van der Waals surface area contributed by atoms with Gasteiger partial charge in [0.25, 0.3) is 0 Å². The molecular formula is C33H34N2O4. The fraction of sp³-hybridized carbons (Fsp3) is 0.212. The number of hydrogen-bond donors (Lipinski definition) is 1. The fourth-order valence-corrected chi connectivity index (χ4v) is 4.53. The van der Waals surface area contributed by atoms with Crippen molar-refractivity contribution in [3.63, 3.8) is 0 Å². The van der Waals surface area contributed by atoms with E-state index in [0.29, 0.717) is 12.2 Å². The van der Waals surface area contributed by atoms with Crippen molar-refractivity contribution in [1.29, 1.82) is 0 Å². The van der Waals surface area contributed by atoms with Gasteiger partial charge in [-0.25, -0.2) is 0 Å². The highest BCUT2D eigenvalue weighted by Gasteiger charge is 2.31. The van der Waals surface area contributed by atoms with Crippen LogP contribution in [0.25, 0.3) is 0 Å². The van der Waals surface area contributed by atoms with E-state index in [1.54, 1.807) is 19.1 Å². The van der Waals surface area contributed by atoms with Crippen LogP contribution in [0.4, 0.5) is 0 Å². The standard InChI is InChI=1S/C33H34N2O4/c1-38-29-20-17-26(18-21-29)24-35(31(36)22-19-25-11-5-3-6-12-25)32(27-13-7-4-8-14-27)33(37)34-23-28-15-9-10-16-30(28)39-2/h3-18,20-21,32H,19,22-24H2,1-2H3,(H,34,37)/t32-/m0/s1. The van der Waals surface area contributed by atoms with Crippen molar-refractivity contribution in [1.82, 2.24) is 10.2 Å². The van der Waals surface area contributed by atoms with Crippen LogP contribution in [0.1, 0.15) is 34.7 Å². The molecule has 0 fully saturated rings. The van der Waals surface area contributed by atoms with Crippen molar-refractivity contribution in [3.8, 4) is 11.5 Å². The highest BCUT2D eigenvalue weighted by Crippen LogP contribution is 2.26. The van der Waals surface area contributed by atoms with Gasteiger partial charge in [0.15, 0.2) is 0 Å². The number of hydrogen-bond acceptors (Lipinski definition) is 4. The largest absolute Gasteiger partial charge is 0.497 e. The number of methoxy groups -OCH3 is 2. The first-order valence-corrected chi connectivity index (χ1v) is 13.0. The maximum Gasteiger partial charge on any atom is 0.247 e. The number of carbonyl (C=O) groups excluding carboxylic acids is 2. The summed E-state index contributed by atoms with van der Waals surface area (Å²) in [6, 6.07) is 33.7. The van der Waals surface area contributed by atoms with Crippen LogP contribution < -0.4 is 14.8 Å². The Kier molecular flexibility index (Phi) is 9.73. The van der Waals surface area contributed by atoms with Crippen LogP contribution in [-0.4, -0.2) is 30.9 Å². The zero-order chi connectivity index (χ0) is 27.5. The normalized spacial score (nSPS) is 11.3. The van der Waals surface area contributed by atoms with E-state index >= 15 is 0 Å². The quantitative estimate of drug-likeness (QED) is 0.258. The SMILES string of the molecule is COc1ccc(CN(C(=O)CCc2ccccc2)[C@H](C(=O)NCc2ccccc2OC)c2ccccc2)cc1. The molecule has 0 bridgehead atoms. The topological polar surface area (TPSA) is 67.9 Å². The molecule has 0 aliphatic heterocycles. The predicted molar refractivity (Wildman–Crippen MR) is 152 cm³/mol. The fourth-order valence-electron chi connectivity index (χ4n) is 4.53. The molecule has 4 rings (SSSR count). The number of ether oxygens (including phenoxy) is 2. The molecule has 39 heavy (non-hydrogen) atoms. The van der Waals surface area contributed by atoms with Crippen LogP contribution in [0.3, 0.4) is 0 Å². The van der Waals surface area contributed by atoms with Crippen LogP contribution in [0, 0.1) is 0 Å². The minimum absolute atomic E-state index is 0.101. The summed E-state index contributed by atoms with van der Waals surface area (Å²) in [4.78, 5) is 29.4. The van der Waals surface area contributed by atoms with E-state index in [9.17, 15) is 9.59 Å². The highest BCUT2D eigenvalue weighted by atomic mass is 16.5. The summed E-state index contributed by atoms with van der Waals surface area (Å²) in [6.45, 7) is 0.556. The van der Waals surface area contributed by atoms with E-state index in [0.717, 1.165) is 28.0 Å². The minimum Gasteiger partial charge on any atom is -0.497 e. The third-order valence-corrected chi connectivity index (χ3v) is 6.62. The van der Waals surface area contributed by atoms with Crippen molar-refractivity contribution in [3.05, 3.63) is 131 Å². The third kappa shape index (κ3) is 7.48. The van der Waals surface area contributed by atoms with E-state index in [1.807, 2.05) is 109 Å². The van der Waals surface area contributed by atoms with Gasteiger partial charge in [-0.15, -0.1) is 0 Å². The molecule has 1 atom stereocenters. The Bertz CT molecular complexity index is 1340. The van der Waals surface area contributed by atoms with Crippen molar-refractivity contribution < 1.29 is 19.1 Å². The Labute approximate surface area is 230 Å². The lowest BCUT2D eigenvalue weighted by atomic mass is 10.0. The first-order chi connectivity index (χ1) is 19.1. The summed E-state index contributed by atoms with van der Waals surface area (Å²) in [5.41, 5.74) is 3.59. The molecule has 0 unspecified atom stereocenters. The van der Waals surface area contributed by atoms with Crippen LogP contribution >= 0.6 is 0 Å². The third-order valence-electron chi connectivity index (χ3n) is 6.62. The second-order valence-corrected chi connectivity index (χ2v) is 9.20. The maximum absolute atomic E-state index is 13.9. The van der Waals surface area contributed by atoms with Gasteiger partial charge in [0.1, 0.15) is 17.5 Å². The Morgan fingerprint density at radius 1 is 0.744 bits per heavy atom. The number of para-hydroxylation sites is 1. The first kappa shape index (κ1) is 27.5. The molecule has 0 saturated carbocycles. The molecule has 6 heteroatoms. The summed E-state index contributed by atoms with van der Waals surface area (Å²) in [6.07, 6.45) is 0.867. The molecule has 4 aromatic carbocycles. The monoisotopic (exact) mass is 522 g/mol. The summed E-state index contributed by atoms with van der Waals surface area (Å²) >= 11 is 0. The van der Waals surface area contributed by atoms with Gasteiger partial charge in [0, 0.05) is 25.1 Å². The second-order valence-electron chi connectivity index (χ2n) is 9.20. The summed E-state index contributed by atoms with van der Waals surface area (Å²) in [5.74, 6) is 1.07. The Morgan fingerprint density at radius 2 is 1.38 bits per heavy atom. The number of nitrogens with zero attached hydrogens (tertiary/aromatic N) is 1. The average Bonchev–Trinajstić information content (AvgIpc) is 3.00. The van der Waals surface area contributed by atoms with E-state index in [4.69, 9.17) is 9.47 Å². The number of benzene rings is 4. The van der Waals surface area contributed by atoms with E-state index in [2.05, 4.69) is 5.32 Å². The van der Waals surface area contributed by atoms with Gasteiger partial charge in [0.05, 0.1) is 14.2 Å². The zero-order valence-electron chi connectivity index (χ0n) is 22.4. The molecule has 0 saturated heterocycles. The van der Waals surface area contributed by atoms with Gasteiger partial charge in [-0.3, -0.25) is 9.59 Å². The van der Waals surface area contributed by atoms with E-state index in [1.165, 1.54) is 0 Å². The molecule has 0 heterocycles. The van der Waals surface area contributed by atoms with Gasteiger partial charge in [-0.1, -0.05) is 91.0 Å². The molecule has 1 N–H and O–H groups in total. The second kappa shape index (κ2) is 13.8. The molecule has 200 valence electrons. The van der Waals surface area contributed by atoms with Crippen molar-refractivity contribution in [2.45, 2.75) is 32.0 Å². The van der Waals surface area contributed by atoms with Gasteiger partial charge >= 0.3 is 0 Å². The molecule has 0 radical (unpaired) electrons. The number of carbonyl (C=O) groups is 2. The molecule has 0 aliphatic carbocycles. The zero-order valence-corrected chi connectivity index (χ0v) is 22.4. The van der Waals surface area contributed by atoms with Gasteiger partial charge in [-0.2, -0.15) is 0 Å². The molecule has 4 aromatic rings. The Hall–Kier alpha value is -4.58. The first-order valence-electron chi connectivity index (χ1n) is 13.0. The molecular weight excluding hydrogens is 488 g/mol. The van der Waals surface area contributed by atoms with E-state index < -0.39 is 6.04 Å². The van der Waals surface area contributed by atoms with Crippen molar-refractivity contribution >= 4 is 11.8 Å². The maximum atomic E-state index is 13.9. The number of nitrogens with one attached hydrogen (secondary N) is 1. The lowest BCUT2D eigenvalue weighted by Gasteiger charge is -2.32. The summed E-state index contributed by atoms with van der Waals surface area (Å²) in [7, 11) is 3.22. The number of amides is 2. The van der Waals surface area contributed by atoms with Crippen molar-refractivity contribution in [2.24, 2.45) is 0 Å². The van der Waals surface area contributed by atoms with Gasteiger partial charge in [-0.05, 0) is 41.3 Å². The number of rotatable bonds is 12. The van der Waals surface area contributed by atoms with Crippen LogP contribution in [0.5, 0.6) is 11.5 Å². The summed E-state index contributed by atoms with van der Waals surface area (Å²) in [5, 5.41) is 3.05. The molecule has 2 amide bonds. The molecule has 6 nitrogen and oxygen atoms in total. The average molecular weight is 523 g/mol. The smallest absolute Gasteiger partial charge is 0.247 e. The Morgan fingerprint density at radius 3 is 2.05 bits per heavy atom. The Balaban J connectivity index is 1.64. The van der Waals surface area contributed by atoms with Crippen LogP contribution in [-0.2, 0) is 29.1 Å². The molecule has 0 spiro atoms. The lowest BCUT2D eigenvalue weighted by molar-refractivity contribution is -0.141. The molecule has 0 aliphatic rings. The minimum atomic E-state index is -0.814. The van der Waals surface area contributed by atoms with Crippen LogP contribution in [0.15, 0.2) is 109 Å². The van der Waals surface area contributed by atoms with Crippen molar-refractivity contribution in [2.75, 3.05) is 14.2 Å². The number of aryl methyl sites for hydroxylation is 1.